The Hall–Kier alpha value is -1.23. The number of nitrogens with two attached hydrogens (primary N) is 2. The van der Waals surface area contributed by atoms with E-state index < -0.39 is 28.3 Å². The van der Waals surface area contributed by atoms with Crippen molar-refractivity contribution in [2.75, 3.05) is 6.54 Å². The molecule has 2 unspecified atom stereocenters. The van der Waals surface area contributed by atoms with Gasteiger partial charge in [0.1, 0.15) is 12.1 Å². The Morgan fingerprint density at radius 3 is 2.14 bits per heavy atom. The molecule has 1 amide bonds. The lowest BCUT2D eigenvalue weighted by Crippen LogP contribution is -2.68. The summed E-state index contributed by atoms with van der Waals surface area (Å²) in [7, 11) is -4.47. The second-order valence-corrected chi connectivity index (χ2v) is 15.1. The second-order valence-electron chi connectivity index (χ2n) is 13.7. The predicted octanol–water partition coefficient (Wildman–Crippen LogP) is 3.28. The van der Waals surface area contributed by atoms with Gasteiger partial charge >= 0.3 is 5.97 Å². The first-order valence-electron chi connectivity index (χ1n) is 14.3. The summed E-state index contributed by atoms with van der Waals surface area (Å²) in [6, 6.07) is -2.53. The van der Waals surface area contributed by atoms with Crippen LogP contribution in [0.1, 0.15) is 110 Å². The van der Waals surface area contributed by atoms with E-state index in [-0.39, 0.29) is 34.6 Å². The molecule has 10 heteroatoms. The van der Waals surface area contributed by atoms with Crippen molar-refractivity contribution in [2.45, 2.75) is 128 Å². The molecule has 5 rings (SSSR count). The molecule has 37 heavy (non-hydrogen) atoms. The van der Waals surface area contributed by atoms with Crippen LogP contribution >= 0.6 is 0 Å². The topological polar surface area (TPSA) is 156 Å². The third-order valence-corrected chi connectivity index (χ3v) is 10.8. The van der Waals surface area contributed by atoms with Crippen LogP contribution in [-0.4, -0.2) is 53.9 Å². The van der Waals surface area contributed by atoms with Crippen molar-refractivity contribution in [1.82, 2.24) is 9.62 Å². The predicted molar refractivity (Wildman–Crippen MR) is 143 cm³/mol. The number of carboxylic acids is 1. The molecule has 0 aliphatic heterocycles. The number of hydrogen-bond acceptors (Lipinski definition) is 5. The minimum absolute atomic E-state index is 0.0702. The highest BCUT2D eigenvalue weighted by atomic mass is 32.2. The van der Waals surface area contributed by atoms with E-state index in [9.17, 15) is 23.1 Å². The molecule has 4 bridgehead atoms. The van der Waals surface area contributed by atoms with Crippen LogP contribution in [0.5, 0.6) is 0 Å². The van der Waals surface area contributed by atoms with Crippen molar-refractivity contribution in [1.29, 1.82) is 0 Å². The summed E-state index contributed by atoms with van der Waals surface area (Å²) in [6.45, 7) is 5.03. The highest BCUT2D eigenvalue weighted by Crippen LogP contribution is 2.66. The third-order valence-electron chi connectivity index (χ3n) is 9.72. The zero-order chi connectivity index (χ0) is 27.1. The minimum Gasteiger partial charge on any atom is -0.480 e. The van der Waals surface area contributed by atoms with Crippen LogP contribution in [0.2, 0.25) is 0 Å². The van der Waals surface area contributed by atoms with E-state index in [0.717, 1.165) is 62.1 Å². The van der Waals surface area contributed by atoms with Crippen molar-refractivity contribution in [3.63, 3.8) is 0 Å². The molecule has 5 fully saturated rings. The fourth-order valence-electron chi connectivity index (χ4n) is 9.41. The Morgan fingerprint density at radius 2 is 1.62 bits per heavy atom. The average Bonchev–Trinajstić information content (AvgIpc) is 2.74. The van der Waals surface area contributed by atoms with Crippen molar-refractivity contribution >= 4 is 22.1 Å². The number of aliphatic carboxylic acids is 1. The zero-order valence-corrected chi connectivity index (χ0v) is 23.5. The van der Waals surface area contributed by atoms with E-state index in [1.165, 1.54) is 12.8 Å². The summed E-state index contributed by atoms with van der Waals surface area (Å²) >= 11 is 0. The van der Waals surface area contributed by atoms with Gasteiger partial charge in [0.25, 0.3) is 10.2 Å². The van der Waals surface area contributed by atoms with Gasteiger partial charge in [0.15, 0.2) is 0 Å². The second kappa shape index (κ2) is 10.7. The maximum Gasteiger partial charge on any atom is 0.322 e. The number of carbonyl (C=O) groups excluding carboxylic acids is 1. The SMILES string of the molecule is CC12CC3CC(C)(C1)CC(NC(=O)[C@H](CC1CCCCC1)N([C@@H](CCCCN)C(=O)O)S(N)(=O)=O)(C3)C2. The highest BCUT2D eigenvalue weighted by Gasteiger charge is 2.61. The van der Waals surface area contributed by atoms with Gasteiger partial charge in [0.2, 0.25) is 5.91 Å². The summed E-state index contributed by atoms with van der Waals surface area (Å²) < 4.78 is 26.8. The van der Waals surface area contributed by atoms with Crippen molar-refractivity contribution in [3.05, 3.63) is 0 Å². The normalized spacial score (nSPS) is 35.4. The number of carboxylic acid groups (broad SMARTS) is 1. The van der Waals surface area contributed by atoms with Crippen molar-refractivity contribution in [3.8, 4) is 0 Å². The van der Waals surface area contributed by atoms with Crippen molar-refractivity contribution in [2.24, 2.45) is 33.5 Å². The van der Waals surface area contributed by atoms with Gasteiger partial charge in [0, 0.05) is 5.54 Å². The summed E-state index contributed by atoms with van der Waals surface area (Å²) in [5.74, 6) is -0.930. The van der Waals surface area contributed by atoms with E-state index in [4.69, 9.17) is 10.9 Å². The minimum atomic E-state index is -4.47. The average molecular weight is 541 g/mol. The lowest BCUT2D eigenvalue weighted by molar-refractivity contribution is -0.147. The zero-order valence-electron chi connectivity index (χ0n) is 22.7. The van der Waals surface area contributed by atoms with Crippen LogP contribution in [-0.2, 0) is 19.8 Å². The standard InChI is InChI=1S/C27H48N4O5S/c1-25-13-20-14-26(2,16-25)18-27(15-20,17-25)30-23(32)22(12-19-8-4-3-5-9-19)31(37(29,35)36)21(24(33)34)10-6-7-11-28/h19-22H,3-18,28H2,1-2H3,(H,30,32)(H,33,34)(H2,29,35,36)/t20?,21-,22-,25?,26?,27?/m0/s1. The first-order valence-corrected chi connectivity index (χ1v) is 15.8. The molecule has 5 aliphatic rings. The number of nitrogens with zero attached hydrogens (tertiary/aromatic N) is 1. The maximum absolute atomic E-state index is 14.2. The van der Waals surface area contributed by atoms with Crippen LogP contribution in [0.15, 0.2) is 0 Å². The number of amides is 1. The number of hydrogen-bond donors (Lipinski definition) is 4. The third kappa shape index (κ3) is 6.50. The molecule has 9 nitrogen and oxygen atoms in total. The summed E-state index contributed by atoms with van der Waals surface area (Å²) in [5, 5.41) is 19.2. The van der Waals surface area contributed by atoms with Gasteiger partial charge in [-0.05, 0) is 93.4 Å². The molecule has 212 valence electrons. The van der Waals surface area contributed by atoms with Gasteiger partial charge in [-0.15, -0.1) is 0 Å². The fourth-order valence-corrected chi connectivity index (χ4v) is 10.5. The molecular weight excluding hydrogens is 492 g/mol. The van der Waals surface area contributed by atoms with Gasteiger partial charge in [0.05, 0.1) is 0 Å². The Bertz CT molecular complexity index is 948. The number of rotatable bonds is 12. The van der Waals surface area contributed by atoms with Crippen LogP contribution in [0.4, 0.5) is 0 Å². The van der Waals surface area contributed by atoms with Crippen LogP contribution < -0.4 is 16.2 Å². The molecule has 6 N–H and O–H groups in total. The highest BCUT2D eigenvalue weighted by molar-refractivity contribution is 7.86. The lowest BCUT2D eigenvalue weighted by Gasteiger charge is -2.65. The first-order chi connectivity index (χ1) is 17.3. The molecule has 0 aromatic rings. The molecule has 4 atom stereocenters. The van der Waals surface area contributed by atoms with Gasteiger partial charge in [-0.1, -0.05) is 46.0 Å². The lowest BCUT2D eigenvalue weighted by atomic mass is 9.43. The summed E-state index contributed by atoms with van der Waals surface area (Å²) in [6.07, 6.45) is 12.6. The quantitative estimate of drug-likeness (QED) is 0.278. The molecule has 0 spiro atoms. The molecule has 5 aliphatic carbocycles. The first kappa shape index (κ1) is 28.8. The summed E-state index contributed by atoms with van der Waals surface area (Å²) in [4.78, 5) is 26.5. The molecular formula is C27H48N4O5S. The molecule has 0 radical (unpaired) electrons. The number of carbonyl (C=O) groups is 2. The van der Waals surface area contributed by atoms with Crippen LogP contribution in [0, 0.1) is 22.7 Å². The largest absolute Gasteiger partial charge is 0.480 e. The Labute approximate surface area is 222 Å². The van der Waals surface area contributed by atoms with E-state index in [2.05, 4.69) is 19.2 Å². The molecule has 0 aromatic carbocycles. The van der Waals surface area contributed by atoms with E-state index in [1.54, 1.807) is 0 Å². The Balaban J connectivity index is 1.65. The Kier molecular flexibility index (Phi) is 8.35. The van der Waals surface area contributed by atoms with E-state index in [0.29, 0.717) is 31.7 Å². The Morgan fingerprint density at radius 1 is 1.00 bits per heavy atom. The monoisotopic (exact) mass is 540 g/mol. The number of nitrogens with one attached hydrogen (secondary N) is 1. The number of unbranched alkanes of at least 4 members (excludes halogenated alkanes) is 1. The van der Waals surface area contributed by atoms with Gasteiger partial charge < -0.3 is 16.2 Å². The summed E-state index contributed by atoms with van der Waals surface area (Å²) in [5.41, 5.74) is 5.58. The fraction of sp³-hybridized carbons (Fsp3) is 0.926. The van der Waals surface area contributed by atoms with Gasteiger partial charge in [-0.3, -0.25) is 9.59 Å². The smallest absolute Gasteiger partial charge is 0.322 e. The molecule has 0 saturated heterocycles. The molecule has 5 saturated carbocycles. The van der Waals surface area contributed by atoms with Crippen molar-refractivity contribution < 1.29 is 23.1 Å². The van der Waals surface area contributed by atoms with Crippen LogP contribution in [0.25, 0.3) is 0 Å². The molecule has 0 heterocycles. The molecule has 0 aromatic heterocycles. The van der Waals surface area contributed by atoms with Crippen LogP contribution in [0.3, 0.4) is 0 Å². The van der Waals surface area contributed by atoms with Gasteiger partial charge in [-0.25, -0.2) is 5.14 Å². The van der Waals surface area contributed by atoms with E-state index in [1.807, 2.05) is 0 Å². The van der Waals surface area contributed by atoms with E-state index >= 15 is 0 Å². The van der Waals surface area contributed by atoms with Gasteiger partial charge in [-0.2, -0.15) is 12.7 Å². The maximum atomic E-state index is 14.2.